The van der Waals surface area contributed by atoms with E-state index in [4.69, 9.17) is 16.3 Å². The van der Waals surface area contributed by atoms with Gasteiger partial charge in [0.1, 0.15) is 5.82 Å². The average molecular weight is 401 g/mol. The fraction of sp³-hybridized carbons (Fsp3) is 0.125. The van der Waals surface area contributed by atoms with Crippen molar-refractivity contribution >= 4 is 45.1 Å². The zero-order valence-electron chi connectivity index (χ0n) is 12.0. The lowest BCUT2D eigenvalue weighted by Gasteiger charge is -2.14. The Morgan fingerprint density at radius 2 is 2.00 bits per heavy atom. The van der Waals surface area contributed by atoms with Gasteiger partial charge in [-0.1, -0.05) is 17.7 Å². The standard InChI is InChI=1S/C16H12BrClFNO3/c1-9(15(21)20-12-4-2-3-10(18)7-12)23-16(22)13-6-5-11(19)8-14(13)17/h2-9H,1H3,(H,20,21)/t9-/m1/s1. The molecule has 120 valence electrons. The zero-order chi connectivity index (χ0) is 17.0. The third-order valence-electron chi connectivity index (χ3n) is 2.90. The van der Waals surface area contributed by atoms with Gasteiger partial charge in [-0.15, -0.1) is 0 Å². The number of carbonyl (C=O) groups excluding carboxylic acids is 2. The fourth-order valence-corrected chi connectivity index (χ4v) is 2.45. The van der Waals surface area contributed by atoms with E-state index in [1.807, 2.05) is 0 Å². The van der Waals surface area contributed by atoms with E-state index in [2.05, 4.69) is 21.2 Å². The van der Waals surface area contributed by atoms with E-state index >= 15 is 0 Å². The van der Waals surface area contributed by atoms with E-state index in [0.717, 1.165) is 12.1 Å². The summed E-state index contributed by atoms with van der Waals surface area (Å²) in [6.45, 7) is 1.44. The van der Waals surface area contributed by atoms with Gasteiger partial charge >= 0.3 is 5.97 Å². The molecule has 0 saturated carbocycles. The largest absolute Gasteiger partial charge is 0.449 e. The lowest BCUT2D eigenvalue weighted by atomic mass is 10.2. The lowest BCUT2D eigenvalue weighted by Crippen LogP contribution is -2.30. The molecule has 2 aromatic rings. The van der Waals surface area contributed by atoms with Crippen molar-refractivity contribution in [2.45, 2.75) is 13.0 Å². The first kappa shape index (κ1) is 17.4. The molecule has 0 spiro atoms. The van der Waals surface area contributed by atoms with E-state index in [-0.39, 0.29) is 10.0 Å². The summed E-state index contributed by atoms with van der Waals surface area (Å²) < 4.78 is 18.4. The SMILES string of the molecule is C[C@@H](OC(=O)c1ccc(F)cc1Br)C(=O)Nc1cccc(Cl)c1. The van der Waals surface area contributed by atoms with Crippen molar-refractivity contribution in [1.82, 2.24) is 0 Å². The molecule has 0 aliphatic heterocycles. The summed E-state index contributed by atoms with van der Waals surface area (Å²) in [6, 6.07) is 10.2. The highest BCUT2D eigenvalue weighted by atomic mass is 79.9. The highest BCUT2D eigenvalue weighted by Crippen LogP contribution is 2.20. The van der Waals surface area contributed by atoms with E-state index in [1.165, 1.54) is 13.0 Å². The molecule has 0 heterocycles. The summed E-state index contributed by atoms with van der Waals surface area (Å²) in [5.41, 5.74) is 0.627. The molecule has 0 fully saturated rings. The van der Waals surface area contributed by atoms with Gasteiger partial charge in [0.25, 0.3) is 5.91 Å². The van der Waals surface area contributed by atoms with Crippen molar-refractivity contribution in [3.8, 4) is 0 Å². The van der Waals surface area contributed by atoms with Crippen LogP contribution in [0.3, 0.4) is 0 Å². The van der Waals surface area contributed by atoms with Crippen LogP contribution in [-0.4, -0.2) is 18.0 Å². The number of benzene rings is 2. The number of carbonyl (C=O) groups is 2. The maximum Gasteiger partial charge on any atom is 0.340 e. The predicted octanol–water partition coefficient (Wildman–Crippen LogP) is 4.43. The predicted molar refractivity (Wildman–Crippen MR) is 89.1 cm³/mol. The fourth-order valence-electron chi connectivity index (χ4n) is 1.74. The molecule has 0 aromatic heterocycles. The van der Waals surface area contributed by atoms with Crippen LogP contribution >= 0.6 is 27.5 Å². The van der Waals surface area contributed by atoms with E-state index in [9.17, 15) is 14.0 Å². The number of ether oxygens (including phenoxy) is 1. The second kappa shape index (κ2) is 7.57. The first-order valence-electron chi connectivity index (χ1n) is 6.59. The van der Waals surface area contributed by atoms with Crippen molar-refractivity contribution in [1.29, 1.82) is 0 Å². The molecule has 1 N–H and O–H groups in total. The molecular weight excluding hydrogens is 389 g/mol. The van der Waals surface area contributed by atoms with Gasteiger partial charge in [0.2, 0.25) is 0 Å². The second-order valence-electron chi connectivity index (χ2n) is 4.67. The third-order valence-corrected chi connectivity index (χ3v) is 3.79. The van der Waals surface area contributed by atoms with Crippen LogP contribution in [-0.2, 0) is 9.53 Å². The number of halogens is 3. The first-order valence-corrected chi connectivity index (χ1v) is 7.76. The summed E-state index contributed by atoms with van der Waals surface area (Å²) in [6.07, 6.45) is -1.03. The van der Waals surface area contributed by atoms with Crippen molar-refractivity contribution in [2.24, 2.45) is 0 Å². The Hall–Kier alpha value is -1.92. The summed E-state index contributed by atoms with van der Waals surface area (Å²) in [7, 11) is 0. The lowest BCUT2D eigenvalue weighted by molar-refractivity contribution is -0.123. The van der Waals surface area contributed by atoms with Crippen molar-refractivity contribution in [3.63, 3.8) is 0 Å². The number of anilines is 1. The molecule has 0 unspecified atom stereocenters. The number of hydrogen-bond donors (Lipinski definition) is 1. The Balaban J connectivity index is 2.01. The molecule has 0 bridgehead atoms. The van der Waals surface area contributed by atoms with Crippen LogP contribution in [0.5, 0.6) is 0 Å². The Labute approximate surface area is 145 Å². The highest BCUT2D eigenvalue weighted by molar-refractivity contribution is 9.10. The Morgan fingerprint density at radius 3 is 2.65 bits per heavy atom. The van der Waals surface area contributed by atoms with Crippen LogP contribution in [0.1, 0.15) is 17.3 Å². The van der Waals surface area contributed by atoms with Crippen LogP contribution in [0.15, 0.2) is 46.9 Å². The molecule has 2 aromatic carbocycles. The number of hydrogen-bond acceptors (Lipinski definition) is 3. The van der Waals surface area contributed by atoms with E-state index < -0.39 is 23.8 Å². The molecule has 0 saturated heterocycles. The van der Waals surface area contributed by atoms with Gasteiger partial charge in [-0.25, -0.2) is 9.18 Å². The number of nitrogens with one attached hydrogen (secondary N) is 1. The monoisotopic (exact) mass is 399 g/mol. The van der Waals surface area contributed by atoms with Crippen molar-refractivity contribution < 1.29 is 18.7 Å². The minimum absolute atomic E-state index is 0.133. The normalized spacial score (nSPS) is 11.7. The topological polar surface area (TPSA) is 55.4 Å². The van der Waals surface area contributed by atoms with Gasteiger partial charge in [0, 0.05) is 15.2 Å². The first-order chi connectivity index (χ1) is 10.9. The van der Waals surface area contributed by atoms with E-state index in [0.29, 0.717) is 10.7 Å². The second-order valence-corrected chi connectivity index (χ2v) is 5.96. The molecule has 23 heavy (non-hydrogen) atoms. The molecule has 0 aliphatic carbocycles. The average Bonchev–Trinajstić information content (AvgIpc) is 2.46. The molecule has 7 heteroatoms. The summed E-state index contributed by atoms with van der Waals surface area (Å²) in [4.78, 5) is 24.0. The van der Waals surface area contributed by atoms with E-state index in [1.54, 1.807) is 24.3 Å². The van der Waals surface area contributed by atoms with Crippen LogP contribution in [0, 0.1) is 5.82 Å². The molecule has 0 aliphatic rings. The summed E-state index contributed by atoms with van der Waals surface area (Å²) >= 11 is 8.91. The van der Waals surface area contributed by atoms with Crippen LogP contribution < -0.4 is 5.32 Å². The maximum absolute atomic E-state index is 13.0. The minimum Gasteiger partial charge on any atom is -0.449 e. The molecule has 4 nitrogen and oxygen atoms in total. The molecule has 1 atom stereocenters. The molecule has 2 rings (SSSR count). The number of amides is 1. The molecule has 0 radical (unpaired) electrons. The van der Waals surface area contributed by atoms with Gasteiger partial charge < -0.3 is 10.1 Å². The Bertz CT molecular complexity index is 754. The van der Waals surface area contributed by atoms with Gasteiger partial charge in [-0.2, -0.15) is 0 Å². The van der Waals surface area contributed by atoms with Gasteiger partial charge in [-0.05, 0) is 59.3 Å². The van der Waals surface area contributed by atoms with Gasteiger partial charge in [-0.3, -0.25) is 4.79 Å². The maximum atomic E-state index is 13.0. The Morgan fingerprint density at radius 1 is 1.26 bits per heavy atom. The number of rotatable bonds is 4. The minimum atomic E-state index is -1.03. The van der Waals surface area contributed by atoms with Crippen molar-refractivity contribution in [2.75, 3.05) is 5.32 Å². The van der Waals surface area contributed by atoms with Gasteiger partial charge in [0.15, 0.2) is 6.10 Å². The quantitative estimate of drug-likeness (QED) is 0.773. The van der Waals surface area contributed by atoms with Crippen LogP contribution in [0.2, 0.25) is 5.02 Å². The Kier molecular flexibility index (Phi) is 5.74. The smallest absolute Gasteiger partial charge is 0.340 e. The summed E-state index contributed by atoms with van der Waals surface area (Å²) in [5.74, 6) is -1.72. The highest BCUT2D eigenvalue weighted by Gasteiger charge is 2.20. The summed E-state index contributed by atoms with van der Waals surface area (Å²) in [5, 5.41) is 3.07. The molecule has 1 amide bonds. The third kappa shape index (κ3) is 4.77. The van der Waals surface area contributed by atoms with Crippen LogP contribution in [0.25, 0.3) is 0 Å². The molecular formula is C16H12BrClFNO3. The van der Waals surface area contributed by atoms with Crippen LogP contribution in [0.4, 0.5) is 10.1 Å². The number of esters is 1. The zero-order valence-corrected chi connectivity index (χ0v) is 14.3. The van der Waals surface area contributed by atoms with Gasteiger partial charge in [0.05, 0.1) is 5.56 Å². The van der Waals surface area contributed by atoms with Crippen molar-refractivity contribution in [3.05, 3.63) is 63.3 Å².